The molecule has 0 saturated heterocycles. The van der Waals surface area contributed by atoms with Gasteiger partial charge < -0.3 is 15.3 Å². The summed E-state index contributed by atoms with van der Waals surface area (Å²) in [4.78, 5) is 13.4. The van der Waals surface area contributed by atoms with Crippen LogP contribution in [0.5, 0.6) is 0 Å². The van der Waals surface area contributed by atoms with Crippen LogP contribution >= 0.6 is 0 Å². The third kappa shape index (κ3) is 1.81. The van der Waals surface area contributed by atoms with Crippen molar-refractivity contribution in [3.63, 3.8) is 0 Å². The Balaban J connectivity index is 2.30. The molecule has 2 rings (SSSR count). The molecule has 1 aromatic rings. The molecule has 4 nitrogen and oxygen atoms in total. The van der Waals surface area contributed by atoms with Gasteiger partial charge in [0.1, 0.15) is 0 Å². The molecule has 86 valence electrons. The highest BCUT2D eigenvalue weighted by molar-refractivity contribution is 5.98. The van der Waals surface area contributed by atoms with Crippen molar-refractivity contribution < 1.29 is 9.90 Å². The third-order valence-corrected chi connectivity index (χ3v) is 2.90. The Morgan fingerprint density at radius 1 is 1.56 bits per heavy atom. The zero-order valence-electron chi connectivity index (χ0n) is 9.53. The molecule has 0 aliphatic carbocycles. The number of benzene rings is 1. The minimum absolute atomic E-state index is 0.0357. The smallest absolute Gasteiger partial charge is 0.254 e. The molecule has 0 spiro atoms. The molecular formula is C12H16N2O2. The van der Waals surface area contributed by atoms with Crippen molar-refractivity contribution >= 4 is 5.91 Å². The maximum atomic E-state index is 11.8. The van der Waals surface area contributed by atoms with Crippen LogP contribution in [0.2, 0.25) is 0 Å². The topological polar surface area (TPSA) is 52.6 Å². The first kappa shape index (κ1) is 11.1. The fourth-order valence-corrected chi connectivity index (χ4v) is 1.98. The van der Waals surface area contributed by atoms with Gasteiger partial charge in [-0.3, -0.25) is 4.79 Å². The van der Waals surface area contributed by atoms with Crippen molar-refractivity contribution in [2.45, 2.75) is 12.6 Å². The number of aliphatic hydroxyl groups is 1. The van der Waals surface area contributed by atoms with Crippen molar-refractivity contribution in [2.24, 2.45) is 0 Å². The normalized spacial score (nSPS) is 16.4. The minimum atomic E-state index is -0.561. The van der Waals surface area contributed by atoms with E-state index in [9.17, 15) is 9.90 Å². The number of aliphatic hydroxyl groups excluding tert-OH is 1. The molecular weight excluding hydrogens is 204 g/mol. The zero-order chi connectivity index (χ0) is 11.7. The van der Waals surface area contributed by atoms with Crippen LogP contribution in [0.3, 0.4) is 0 Å². The predicted octanol–water partition coefficient (Wildman–Crippen LogP) is 0.525. The van der Waals surface area contributed by atoms with Gasteiger partial charge in [-0.05, 0) is 24.2 Å². The van der Waals surface area contributed by atoms with Crippen molar-refractivity contribution in [1.82, 2.24) is 10.2 Å². The lowest BCUT2D eigenvalue weighted by Gasteiger charge is -2.10. The van der Waals surface area contributed by atoms with Gasteiger partial charge in [-0.2, -0.15) is 0 Å². The van der Waals surface area contributed by atoms with Crippen LogP contribution in [0.15, 0.2) is 18.2 Å². The molecule has 1 aliphatic heterocycles. The van der Waals surface area contributed by atoms with Crippen molar-refractivity contribution in [2.75, 3.05) is 20.6 Å². The van der Waals surface area contributed by atoms with E-state index in [1.165, 1.54) is 0 Å². The summed E-state index contributed by atoms with van der Waals surface area (Å²) in [6.07, 6.45) is -0.561. The third-order valence-electron chi connectivity index (χ3n) is 2.90. The first-order valence-electron chi connectivity index (χ1n) is 5.34. The molecule has 2 N–H and O–H groups in total. The van der Waals surface area contributed by atoms with Gasteiger partial charge in [0.05, 0.1) is 6.10 Å². The zero-order valence-corrected chi connectivity index (χ0v) is 9.53. The standard InChI is InChI=1S/C12H16N2O2/c1-13-6-11(15)8-3-4-9-7-14(2)12(16)10(9)5-8/h3-5,11,13,15H,6-7H2,1-2H3. The lowest BCUT2D eigenvalue weighted by atomic mass is 10.0. The number of amides is 1. The molecule has 0 fully saturated rings. The number of hydrogen-bond acceptors (Lipinski definition) is 3. The molecule has 16 heavy (non-hydrogen) atoms. The Kier molecular flexibility index (Phi) is 2.94. The molecule has 0 bridgehead atoms. The maximum Gasteiger partial charge on any atom is 0.254 e. The minimum Gasteiger partial charge on any atom is -0.387 e. The second-order valence-corrected chi connectivity index (χ2v) is 4.15. The van der Waals surface area contributed by atoms with E-state index in [1.807, 2.05) is 12.1 Å². The maximum absolute atomic E-state index is 11.8. The highest BCUT2D eigenvalue weighted by Crippen LogP contribution is 2.24. The lowest BCUT2D eigenvalue weighted by Crippen LogP contribution is -2.18. The van der Waals surface area contributed by atoms with Gasteiger partial charge in [-0.1, -0.05) is 12.1 Å². The summed E-state index contributed by atoms with van der Waals surface area (Å²) in [5, 5.41) is 12.7. The summed E-state index contributed by atoms with van der Waals surface area (Å²) in [6, 6.07) is 5.60. The average molecular weight is 220 g/mol. The van der Waals surface area contributed by atoms with E-state index < -0.39 is 6.10 Å². The summed E-state index contributed by atoms with van der Waals surface area (Å²) >= 11 is 0. The average Bonchev–Trinajstić information content (AvgIpc) is 2.55. The van der Waals surface area contributed by atoms with E-state index in [2.05, 4.69) is 5.32 Å². The molecule has 1 aromatic carbocycles. The molecule has 0 radical (unpaired) electrons. The van der Waals surface area contributed by atoms with E-state index in [4.69, 9.17) is 0 Å². The van der Waals surface area contributed by atoms with Crippen LogP contribution in [0.1, 0.15) is 27.6 Å². The number of rotatable bonds is 3. The number of hydrogen-bond donors (Lipinski definition) is 2. The van der Waals surface area contributed by atoms with Crippen LogP contribution in [0.25, 0.3) is 0 Å². The SMILES string of the molecule is CNCC(O)c1ccc2c(c1)C(=O)N(C)C2. The van der Waals surface area contributed by atoms with E-state index in [0.29, 0.717) is 13.1 Å². The van der Waals surface area contributed by atoms with Crippen LogP contribution in [0, 0.1) is 0 Å². The summed E-state index contributed by atoms with van der Waals surface area (Å²) < 4.78 is 0. The molecule has 1 atom stereocenters. The van der Waals surface area contributed by atoms with E-state index >= 15 is 0 Å². The Bertz CT molecular complexity index is 417. The Labute approximate surface area is 94.9 Å². The fraction of sp³-hybridized carbons (Fsp3) is 0.417. The molecule has 1 amide bonds. The second-order valence-electron chi connectivity index (χ2n) is 4.15. The first-order chi connectivity index (χ1) is 7.63. The van der Waals surface area contributed by atoms with Gasteiger partial charge in [-0.15, -0.1) is 0 Å². The van der Waals surface area contributed by atoms with Crippen LogP contribution < -0.4 is 5.32 Å². The van der Waals surface area contributed by atoms with Crippen molar-refractivity contribution in [3.8, 4) is 0 Å². The van der Waals surface area contributed by atoms with Gasteiger partial charge in [0, 0.05) is 25.7 Å². The highest BCUT2D eigenvalue weighted by atomic mass is 16.3. The Morgan fingerprint density at radius 3 is 3.00 bits per heavy atom. The summed E-state index contributed by atoms with van der Waals surface area (Å²) in [6.45, 7) is 1.15. The van der Waals surface area contributed by atoms with Crippen molar-refractivity contribution in [3.05, 3.63) is 34.9 Å². The van der Waals surface area contributed by atoms with E-state index in [-0.39, 0.29) is 5.91 Å². The summed E-state index contributed by atoms with van der Waals surface area (Å²) in [5.74, 6) is 0.0357. The van der Waals surface area contributed by atoms with Gasteiger partial charge >= 0.3 is 0 Å². The Hall–Kier alpha value is -1.39. The highest BCUT2D eigenvalue weighted by Gasteiger charge is 2.25. The predicted molar refractivity (Wildman–Crippen MR) is 61.1 cm³/mol. The molecule has 0 saturated carbocycles. The molecule has 4 heteroatoms. The molecule has 1 aliphatic rings. The largest absolute Gasteiger partial charge is 0.387 e. The van der Waals surface area contributed by atoms with E-state index in [1.54, 1.807) is 25.1 Å². The molecule has 0 aromatic heterocycles. The summed E-state index contributed by atoms with van der Waals surface area (Å²) in [5.41, 5.74) is 2.54. The second kappa shape index (κ2) is 4.23. The number of carbonyl (C=O) groups excluding carboxylic acids is 1. The van der Waals surface area contributed by atoms with Crippen LogP contribution in [0.4, 0.5) is 0 Å². The number of likely N-dealkylation sites (N-methyl/N-ethyl adjacent to an activating group) is 1. The van der Waals surface area contributed by atoms with Crippen molar-refractivity contribution in [1.29, 1.82) is 0 Å². The quantitative estimate of drug-likeness (QED) is 0.781. The van der Waals surface area contributed by atoms with Gasteiger partial charge in [0.15, 0.2) is 0 Å². The summed E-state index contributed by atoms with van der Waals surface area (Å²) in [7, 11) is 3.57. The number of nitrogens with zero attached hydrogens (tertiary/aromatic N) is 1. The number of carbonyl (C=O) groups is 1. The number of nitrogens with one attached hydrogen (secondary N) is 1. The van der Waals surface area contributed by atoms with Gasteiger partial charge in [-0.25, -0.2) is 0 Å². The fourth-order valence-electron chi connectivity index (χ4n) is 1.98. The molecule has 1 heterocycles. The molecule has 1 unspecified atom stereocenters. The monoisotopic (exact) mass is 220 g/mol. The lowest BCUT2D eigenvalue weighted by molar-refractivity contribution is 0.0816. The first-order valence-corrected chi connectivity index (χ1v) is 5.34. The van der Waals surface area contributed by atoms with E-state index in [0.717, 1.165) is 16.7 Å². The van der Waals surface area contributed by atoms with Gasteiger partial charge in [0.25, 0.3) is 5.91 Å². The van der Waals surface area contributed by atoms with Crippen LogP contribution in [-0.4, -0.2) is 36.6 Å². The number of fused-ring (bicyclic) bond motifs is 1. The Morgan fingerprint density at radius 2 is 2.31 bits per heavy atom. The van der Waals surface area contributed by atoms with Crippen LogP contribution in [-0.2, 0) is 6.54 Å². The van der Waals surface area contributed by atoms with Gasteiger partial charge in [0.2, 0.25) is 0 Å².